The second-order valence-corrected chi connectivity index (χ2v) is 8.28. The molecular formula is C20H25N3O4S. The van der Waals surface area contributed by atoms with Gasteiger partial charge in [-0.3, -0.25) is 19.0 Å². The lowest BCUT2D eigenvalue weighted by molar-refractivity contribution is -0.145. The van der Waals surface area contributed by atoms with Crippen molar-refractivity contribution in [3.8, 4) is 0 Å². The standard InChI is InChI=1S/C20H25N3O4S/c1-13(2)9-10-23-19(26)15-5-3-4-6-16(15)22-20(23)28-12-18(25)27-11-17(24)21-14-7-8-14/h3-6,13-14H,7-12H2,1-2H3,(H,21,24). The highest BCUT2D eigenvalue weighted by Crippen LogP contribution is 2.20. The summed E-state index contributed by atoms with van der Waals surface area (Å²) in [6.07, 6.45) is 2.80. The molecule has 1 aromatic carbocycles. The summed E-state index contributed by atoms with van der Waals surface area (Å²) in [5.41, 5.74) is 0.499. The number of hydrogen-bond acceptors (Lipinski definition) is 6. The normalized spacial score (nSPS) is 13.7. The average Bonchev–Trinajstić information content (AvgIpc) is 3.48. The summed E-state index contributed by atoms with van der Waals surface area (Å²) in [5, 5.41) is 3.82. The number of carbonyl (C=O) groups is 2. The van der Waals surface area contributed by atoms with Crippen LogP contribution in [0.1, 0.15) is 33.1 Å². The van der Waals surface area contributed by atoms with Gasteiger partial charge in [-0.05, 0) is 37.3 Å². The molecule has 0 bridgehead atoms. The van der Waals surface area contributed by atoms with Crippen LogP contribution in [0.25, 0.3) is 10.9 Å². The largest absolute Gasteiger partial charge is 0.455 e. The van der Waals surface area contributed by atoms with Gasteiger partial charge in [-0.1, -0.05) is 37.7 Å². The smallest absolute Gasteiger partial charge is 0.316 e. The van der Waals surface area contributed by atoms with Crippen LogP contribution >= 0.6 is 11.8 Å². The van der Waals surface area contributed by atoms with Gasteiger partial charge in [0.15, 0.2) is 11.8 Å². The van der Waals surface area contributed by atoms with Crippen molar-refractivity contribution >= 4 is 34.5 Å². The Hall–Kier alpha value is -2.35. The number of esters is 1. The minimum Gasteiger partial charge on any atom is -0.455 e. The van der Waals surface area contributed by atoms with E-state index in [9.17, 15) is 14.4 Å². The molecule has 1 N–H and O–H groups in total. The van der Waals surface area contributed by atoms with Crippen molar-refractivity contribution in [3.63, 3.8) is 0 Å². The Bertz CT molecular complexity index is 921. The van der Waals surface area contributed by atoms with Gasteiger partial charge in [-0.15, -0.1) is 0 Å². The van der Waals surface area contributed by atoms with E-state index in [1.807, 2.05) is 12.1 Å². The van der Waals surface area contributed by atoms with Crippen molar-refractivity contribution < 1.29 is 14.3 Å². The van der Waals surface area contributed by atoms with E-state index in [0.717, 1.165) is 31.0 Å². The zero-order valence-electron chi connectivity index (χ0n) is 16.1. The molecule has 7 nitrogen and oxygen atoms in total. The molecule has 1 aliphatic carbocycles. The van der Waals surface area contributed by atoms with E-state index in [1.165, 1.54) is 0 Å². The van der Waals surface area contributed by atoms with Crippen LogP contribution in [0.2, 0.25) is 0 Å². The van der Waals surface area contributed by atoms with E-state index in [1.54, 1.807) is 16.7 Å². The van der Waals surface area contributed by atoms with Crippen molar-refractivity contribution in [1.29, 1.82) is 0 Å². The lowest BCUT2D eigenvalue weighted by atomic mass is 10.1. The molecule has 1 aliphatic rings. The predicted molar refractivity (Wildman–Crippen MR) is 108 cm³/mol. The Morgan fingerprint density at radius 1 is 1.32 bits per heavy atom. The maximum absolute atomic E-state index is 12.9. The molecule has 0 spiro atoms. The first-order chi connectivity index (χ1) is 13.4. The van der Waals surface area contributed by atoms with Crippen LogP contribution in [0.4, 0.5) is 0 Å². The fraction of sp³-hybridized carbons (Fsp3) is 0.500. The van der Waals surface area contributed by atoms with Crippen molar-refractivity contribution in [2.45, 2.75) is 50.9 Å². The van der Waals surface area contributed by atoms with Crippen LogP contribution in [0.3, 0.4) is 0 Å². The zero-order chi connectivity index (χ0) is 20.1. The van der Waals surface area contributed by atoms with Gasteiger partial charge < -0.3 is 10.1 Å². The summed E-state index contributed by atoms with van der Waals surface area (Å²) in [7, 11) is 0. The van der Waals surface area contributed by atoms with Crippen LogP contribution in [-0.2, 0) is 20.9 Å². The number of hydrogen-bond donors (Lipinski definition) is 1. The minimum atomic E-state index is -0.506. The third-order valence-corrected chi connectivity index (χ3v) is 5.33. The van der Waals surface area contributed by atoms with Crippen LogP contribution in [0, 0.1) is 5.92 Å². The number of amides is 1. The number of para-hydroxylation sites is 1. The minimum absolute atomic E-state index is 0.0107. The molecule has 3 rings (SSSR count). The zero-order valence-corrected chi connectivity index (χ0v) is 17.0. The molecule has 1 amide bonds. The number of carbonyl (C=O) groups excluding carboxylic acids is 2. The summed E-state index contributed by atoms with van der Waals surface area (Å²) in [6.45, 7) is 4.45. The molecule has 8 heteroatoms. The fourth-order valence-corrected chi connectivity index (χ4v) is 3.47. The van der Waals surface area contributed by atoms with E-state index < -0.39 is 5.97 Å². The lowest BCUT2D eigenvalue weighted by Gasteiger charge is -2.14. The molecule has 150 valence electrons. The van der Waals surface area contributed by atoms with Crippen LogP contribution < -0.4 is 10.9 Å². The van der Waals surface area contributed by atoms with Gasteiger partial charge in [-0.2, -0.15) is 0 Å². The molecule has 0 atom stereocenters. The van der Waals surface area contributed by atoms with E-state index >= 15 is 0 Å². The molecule has 1 saturated carbocycles. The summed E-state index contributed by atoms with van der Waals surface area (Å²) < 4.78 is 6.65. The highest BCUT2D eigenvalue weighted by atomic mass is 32.2. The van der Waals surface area contributed by atoms with Crippen molar-refractivity contribution in [1.82, 2.24) is 14.9 Å². The molecular weight excluding hydrogens is 378 g/mol. The number of fused-ring (bicyclic) bond motifs is 1. The van der Waals surface area contributed by atoms with Crippen LogP contribution in [-0.4, -0.2) is 39.8 Å². The van der Waals surface area contributed by atoms with Crippen LogP contribution in [0.5, 0.6) is 0 Å². The Labute approximate surface area is 167 Å². The third kappa shape index (κ3) is 5.58. The molecule has 0 saturated heterocycles. The van der Waals surface area contributed by atoms with E-state index in [4.69, 9.17) is 4.74 Å². The number of ether oxygens (including phenoxy) is 1. The number of rotatable bonds is 9. The molecule has 0 radical (unpaired) electrons. The topological polar surface area (TPSA) is 90.3 Å². The Morgan fingerprint density at radius 2 is 2.07 bits per heavy atom. The van der Waals surface area contributed by atoms with E-state index in [0.29, 0.717) is 28.5 Å². The number of nitrogens with zero attached hydrogens (tertiary/aromatic N) is 2. The first-order valence-electron chi connectivity index (χ1n) is 9.51. The molecule has 1 aromatic heterocycles. The number of aromatic nitrogens is 2. The van der Waals surface area contributed by atoms with Crippen molar-refractivity contribution in [3.05, 3.63) is 34.6 Å². The van der Waals surface area contributed by atoms with Gasteiger partial charge in [0.1, 0.15) is 0 Å². The average molecular weight is 404 g/mol. The summed E-state index contributed by atoms with van der Waals surface area (Å²) in [5.74, 6) is -0.359. The highest BCUT2D eigenvalue weighted by molar-refractivity contribution is 7.99. The Morgan fingerprint density at radius 3 is 2.79 bits per heavy atom. The molecule has 1 heterocycles. The van der Waals surface area contributed by atoms with Gasteiger partial charge in [0.2, 0.25) is 0 Å². The Kier molecular flexibility index (Phi) is 6.72. The fourth-order valence-electron chi connectivity index (χ4n) is 2.65. The van der Waals surface area contributed by atoms with E-state index in [-0.39, 0.29) is 29.9 Å². The lowest BCUT2D eigenvalue weighted by Crippen LogP contribution is -2.30. The molecule has 0 aliphatic heterocycles. The predicted octanol–water partition coefficient (Wildman–Crippen LogP) is 2.36. The van der Waals surface area contributed by atoms with Crippen molar-refractivity contribution in [2.75, 3.05) is 12.4 Å². The van der Waals surface area contributed by atoms with E-state index in [2.05, 4.69) is 24.1 Å². The molecule has 2 aromatic rings. The van der Waals surface area contributed by atoms with Gasteiger partial charge in [0.05, 0.1) is 16.7 Å². The van der Waals surface area contributed by atoms with Crippen molar-refractivity contribution in [2.24, 2.45) is 5.92 Å². The maximum Gasteiger partial charge on any atom is 0.316 e. The third-order valence-electron chi connectivity index (χ3n) is 4.38. The van der Waals surface area contributed by atoms with Gasteiger partial charge in [0.25, 0.3) is 11.5 Å². The first-order valence-corrected chi connectivity index (χ1v) is 10.5. The number of thioether (sulfide) groups is 1. The summed E-state index contributed by atoms with van der Waals surface area (Å²) in [6, 6.07) is 7.42. The van der Waals surface area contributed by atoms with Gasteiger partial charge in [-0.25, -0.2) is 4.98 Å². The molecule has 0 unspecified atom stereocenters. The van der Waals surface area contributed by atoms with Gasteiger partial charge in [0, 0.05) is 12.6 Å². The molecule has 1 fully saturated rings. The number of benzene rings is 1. The van der Waals surface area contributed by atoms with Gasteiger partial charge >= 0.3 is 5.97 Å². The highest BCUT2D eigenvalue weighted by Gasteiger charge is 2.23. The number of nitrogens with one attached hydrogen (secondary N) is 1. The second-order valence-electron chi connectivity index (χ2n) is 7.34. The Balaban J connectivity index is 1.67. The summed E-state index contributed by atoms with van der Waals surface area (Å²) >= 11 is 1.16. The molecule has 28 heavy (non-hydrogen) atoms. The summed E-state index contributed by atoms with van der Waals surface area (Å²) in [4.78, 5) is 41.1. The monoisotopic (exact) mass is 403 g/mol. The quantitative estimate of drug-likeness (QED) is 0.393. The first kappa shape index (κ1) is 20.4. The van der Waals surface area contributed by atoms with Crippen LogP contribution in [0.15, 0.2) is 34.2 Å². The maximum atomic E-state index is 12.9. The SMILES string of the molecule is CC(C)CCn1c(SCC(=O)OCC(=O)NC2CC2)nc2ccccc2c1=O. The second kappa shape index (κ2) is 9.23.